The SMILES string of the molecule is CC(C)C(NC(=O)C(N)C(C)O)C(=O)N1CCCC1C(=O)NC(CC(=O)O)C(=O)O. The topological polar surface area (TPSA) is 199 Å². The van der Waals surface area contributed by atoms with Crippen molar-refractivity contribution in [2.75, 3.05) is 6.54 Å². The van der Waals surface area contributed by atoms with Crippen LogP contribution in [0.1, 0.15) is 40.0 Å². The predicted molar refractivity (Wildman–Crippen MR) is 103 cm³/mol. The fraction of sp³-hybridized carbons (Fsp3) is 0.722. The molecule has 5 atom stereocenters. The standard InChI is InChI=1S/C18H30N4O8/c1-8(2)14(21-16(27)13(19)9(3)23)17(28)22-6-4-5-11(22)15(26)20-10(18(29)30)7-12(24)25/h8-11,13-14,23H,4-7,19H2,1-3H3,(H,20,26)(H,21,27)(H,24,25)(H,29,30). The zero-order valence-electron chi connectivity index (χ0n) is 17.2. The van der Waals surface area contributed by atoms with Crippen molar-refractivity contribution in [1.82, 2.24) is 15.5 Å². The third-order valence-corrected chi connectivity index (χ3v) is 4.88. The molecule has 0 spiro atoms. The molecule has 0 aromatic rings. The lowest BCUT2D eigenvalue weighted by Gasteiger charge is -2.31. The normalized spacial score (nSPS) is 20.2. The number of carbonyl (C=O) groups is 5. The molecule has 7 N–H and O–H groups in total. The number of carboxylic acids is 2. The largest absolute Gasteiger partial charge is 0.481 e. The highest BCUT2D eigenvalue weighted by Gasteiger charge is 2.40. The number of rotatable bonds is 10. The Labute approximate surface area is 173 Å². The van der Waals surface area contributed by atoms with Gasteiger partial charge in [0.1, 0.15) is 24.2 Å². The Hall–Kier alpha value is -2.73. The molecule has 1 heterocycles. The van der Waals surface area contributed by atoms with Crippen molar-refractivity contribution in [3.8, 4) is 0 Å². The predicted octanol–water partition coefficient (Wildman–Crippen LogP) is -2.13. The summed E-state index contributed by atoms with van der Waals surface area (Å²) in [6.45, 7) is 4.94. The number of likely N-dealkylation sites (tertiary alicyclic amines) is 1. The smallest absolute Gasteiger partial charge is 0.326 e. The highest BCUT2D eigenvalue weighted by atomic mass is 16.4. The summed E-state index contributed by atoms with van der Waals surface area (Å²) < 4.78 is 0. The molecule has 1 saturated heterocycles. The van der Waals surface area contributed by atoms with Gasteiger partial charge in [-0.2, -0.15) is 0 Å². The summed E-state index contributed by atoms with van der Waals surface area (Å²) in [5.74, 6) is -5.28. The van der Waals surface area contributed by atoms with E-state index in [0.29, 0.717) is 6.42 Å². The summed E-state index contributed by atoms with van der Waals surface area (Å²) in [5, 5.41) is 32.1. The lowest BCUT2D eigenvalue weighted by Crippen LogP contribution is -2.59. The molecular formula is C18H30N4O8. The third kappa shape index (κ3) is 6.66. The fourth-order valence-corrected chi connectivity index (χ4v) is 3.11. The van der Waals surface area contributed by atoms with Gasteiger partial charge >= 0.3 is 11.9 Å². The number of nitrogens with zero attached hydrogens (tertiary/aromatic N) is 1. The van der Waals surface area contributed by atoms with Gasteiger partial charge in [0.25, 0.3) is 0 Å². The van der Waals surface area contributed by atoms with Crippen LogP contribution in [0, 0.1) is 5.92 Å². The van der Waals surface area contributed by atoms with Gasteiger partial charge in [0, 0.05) is 6.54 Å². The number of carboxylic acid groups (broad SMARTS) is 2. The maximum absolute atomic E-state index is 13.0. The highest BCUT2D eigenvalue weighted by molar-refractivity contribution is 5.95. The number of carbonyl (C=O) groups excluding carboxylic acids is 3. The molecule has 5 unspecified atom stereocenters. The van der Waals surface area contributed by atoms with Crippen molar-refractivity contribution in [2.45, 2.75) is 70.3 Å². The van der Waals surface area contributed by atoms with Gasteiger partial charge in [0.15, 0.2) is 0 Å². The minimum absolute atomic E-state index is 0.217. The van der Waals surface area contributed by atoms with Gasteiger partial charge in [-0.25, -0.2) is 4.79 Å². The van der Waals surface area contributed by atoms with E-state index in [2.05, 4.69) is 10.6 Å². The van der Waals surface area contributed by atoms with Gasteiger partial charge in [-0.1, -0.05) is 13.8 Å². The van der Waals surface area contributed by atoms with Crippen LogP contribution in [-0.2, 0) is 24.0 Å². The van der Waals surface area contributed by atoms with Gasteiger partial charge in [0.05, 0.1) is 12.5 Å². The molecule has 12 heteroatoms. The summed E-state index contributed by atoms with van der Waals surface area (Å²) in [6, 6.07) is -4.86. The molecule has 0 bridgehead atoms. The third-order valence-electron chi connectivity index (χ3n) is 4.88. The van der Waals surface area contributed by atoms with E-state index in [-0.39, 0.29) is 18.9 Å². The average Bonchev–Trinajstić information content (AvgIpc) is 3.13. The summed E-state index contributed by atoms with van der Waals surface area (Å²) >= 11 is 0. The number of aliphatic hydroxyl groups is 1. The molecule has 12 nitrogen and oxygen atoms in total. The summed E-state index contributed by atoms with van der Waals surface area (Å²) in [6.07, 6.45) is -1.18. The minimum Gasteiger partial charge on any atom is -0.481 e. The molecule has 0 aliphatic carbocycles. The van der Waals surface area contributed by atoms with Crippen LogP contribution in [0.2, 0.25) is 0 Å². The first kappa shape index (κ1) is 25.3. The van der Waals surface area contributed by atoms with Crippen molar-refractivity contribution in [3.63, 3.8) is 0 Å². The first-order chi connectivity index (χ1) is 13.9. The first-order valence-corrected chi connectivity index (χ1v) is 9.66. The van der Waals surface area contributed by atoms with Gasteiger partial charge in [-0.05, 0) is 25.7 Å². The Morgan fingerprint density at radius 1 is 1.10 bits per heavy atom. The van der Waals surface area contributed by atoms with E-state index in [9.17, 15) is 29.1 Å². The van der Waals surface area contributed by atoms with Crippen LogP contribution < -0.4 is 16.4 Å². The molecule has 30 heavy (non-hydrogen) atoms. The maximum Gasteiger partial charge on any atom is 0.326 e. The van der Waals surface area contributed by atoms with E-state index in [1.807, 2.05) is 0 Å². The summed E-state index contributed by atoms with van der Waals surface area (Å²) in [7, 11) is 0. The van der Waals surface area contributed by atoms with Crippen molar-refractivity contribution >= 4 is 29.7 Å². The molecule has 0 aromatic heterocycles. The van der Waals surface area contributed by atoms with E-state index in [1.54, 1.807) is 13.8 Å². The number of nitrogens with two attached hydrogens (primary N) is 1. The maximum atomic E-state index is 13.0. The molecular weight excluding hydrogens is 400 g/mol. The number of amides is 3. The quantitative estimate of drug-likeness (QED) is 0.224. The molecule has 1 aliphatic heterocycles. The zero-order valence-corrected chi connectivity index (χ0v) is 17.2. The molecule has 3 amide bonds. The van der Waals surface area contributed by atoms with Gasteiger partial charge in [0.2, 0.25) is 17.7 Å². The number of hydrogen-bond acceptors (Lipinski definition) is 7. The van der Waals surface area contributed by atoms with Crippen molar-refractivity contribution in [2.24, 2.45) is 11.7 Å². The molecule has 1 fully saturated rings. The second-order valence-corrected chi connectivity index (χ2v) is 7.68. The number of hydrogen-bond donors (Lipinski definition) is 6. The lowest BCUT2D eigenvalue weighted by atomic mass is 10.0. The van der Waals surface area contributed by atoms with Gasteiger partial charge < -0.3 is 36.6 Å². The number of nitrogens with one attached hydrogen (secondary N) is 2. The van der Waals surface area contributed by atoms with E-state index in [4.69, 9.17) is 15.9 Å². The minimum atomic E-state index is -1.63. The van der Waals surface area contributed by atoms with Crippen LogP contribution in [0.5, 0.6) is 0 Å². The number of aliphatic hydroxyl groups excluding tert-OH is 1. The van der Waals surface area contributed by atoms with Crippen LogP contribution in [-0.4, -0.2) is 86.7 Å². The monoisotopic (exact) mass is 430 g/mol. The van der Waals surface area contributed by atoms with Crippen molar-refractivity contribution in [3.05, 3.63) is 0 Å². The molecule has 0 aromatic carbocycles. The van der Waals surface area contributed by atoms with Crippen molar-refractivity contribution in [1.29, 1.82) is 0 Å². The van der Waals surface area contributed by atoms with Gasteiger partial charge in [-0.15, -0.1) is 0 Å². The van der Waals surface area contributed by atoms with E-state index < -0.39 is 66.4 Å². The Morgan fingerprint density at radius 3 is 2.17 bits per heavy atom. The molecule has 1 aliphatic rings. The molecule has 1 rings (SSSR count). The van der Waals surface area contributed by atoms with E-state index >= 15 is 0 Å². The highest BCUT2D eigenvalue weighted by Crippen LogP contribution is 2.21. The van der Waals surface area contributed by atoms with Gasteiger partial charge in [-0.3, -0.25) is 19.2 Å². The second-order valence-electron chi connectivity index (χ2n) is 7.68. The first-order valence-electron chi connectivity index (χ1n) is 9.66. The Morgan fingerprint density at radius 2 is 1.70 bits per heavy atom. The summed E-state index contributed by atoms with van der Waals surface area (Å²) in [4.78, 5) is 61.1. The van der Waals surface area contributed by atoms with Crippen LogP contribution >= 0.6 is 0 Å². The van der Waals surface area contributed by atoms with Crippen LogP contribution in [0.4, 0.5) is 0 Å². The molecule has 170 valence electrons. The van der Waals surface area contributed by atoms with Crippen LogP contribution in [0.3, 0.4) is 0 Å². The van der Waals surface area contributed by atoms with E-state index in [1.165, 1.54) is 11.8 Å². The molecule has 0 saturated carbocycles. The van der Waals surface area contributed by atoms with Crippen LogP contribution in [0.25, 0.3) is 0 Å². The summed E-state index contributed by atoms with van der Waals surface area (Å²) in [5.41, 5.74) is 5.61. The number of aliphatic carboxylic acids is 2. The zero-order chi connectivity index (χ0) is 23.2. The Bertz CT molecular complexity index is 681. The Balaban J connectivity index is 2.94. The lowest BCUT2D eigenvalue weighted by molar-refractivity contribution is -0.148. The van der Waals surface area contributed by atoms with Crippen LogP contribution in [0.15, 0.2) is 0 Å². The van der Waals surface area contributed by atoms with E-state index in [0.717, 1.165) is 0 Å². The second kappa shape index (κ2) is 10.9. The Kier molecular flexibility index (Phi) is 9.18. The fourth-order valence-electron chi connectivity index (χ4n) is 3.11. The average molecular weight is 430 g/mol. The van der Waals surface area contributed by atoms with Crippen molar-refractivity contribution < 1.29 is 39.3 Å². The molecule has 0 radical (unpaired) electrons.